The predicted molar refractivity (Wildman–Crippen MR) is 63.9 cm³/mol. The predicted octanol–water partition coefficient (Wildman–Crippen LogP) is 0.755. The van der Waals surface area contributed by atoms with Crippen LogP contribution in [-0.4, -0.2) is 42.0 Å². The minimum absolute atomic E-state index is 0.0562. The van der Waals surface area contributed by atoms with E-state index in [1.165, 1.54) is 13.8 Å². The van der Waals surface area contributed by atoms with Crippen LogP contribution in [0.2, 0.25) is 0 Å². The zero-order valence-corrected chi connectivity index (χ0v) is 11.3. The first-order chi connectivity index (χ1) is 8.12. The molecule has 18 heavy (non-hydrogen) atoms. The SMILES string of the molecule is CC1(C)OCC(CNC(=O)CC(C)(C)C(=O)O)O1. The van der Waals surface area contributed by atoms with Crippen LogP contribution >= 0.6 is 0 Å². The Morgan fingerprint density at radius 3 is 2.50 bits per heavy atom. The molecule has 1 heterocycles. The summed E-state index contributed by atoms with van der Waals surface area (Å²) in [5.41, 5.74) is -1.06. The number of rotatable bonds is 5. The van der Waals surface area contributed by atoms with Crippen molar-refractivity contribution in [2.24, 2.45) is 5.41 Å². The van der Waals surface area contributed by atoms with E-state index in [4.69, 9.17) is 14.6 Å². The molecule has 0 spiro atoms. The fraction of sp³-hybridized carbons (Fsp3) is 0.833. The molecule has 1 amide bonds. The van der Waals surface area contributed by atoms with Gasteiger partial charge in [-0.25, -0.2) is 0 Å². The summed E-state index contributed by atoms with van der Waals surface area (Å²) in [6.07, 6.45) is -0.240. The number of aliphatic carboxylic acids is 1. The van der Waals surface area contributed by atoms with Crippen LogP contribution in [-0.2, 0) is 19.1 Å². The quantitative estimate of drug-likeness (QED) is 0.761. The normalized spacial score (nSPS) is 22.8. The Kier molecular flexibility index (Phi) is 4.34. The third-order valence-corrected chi connectivity index (χ3v) is 2.78. The lowest BCUT2D eigenvalue weighted by molar-refractivity contribution is -0.149. The first kappa shape index (κ1) is 14.9. The van der Waals surface area contributed by atoms with Crippen molar-refractivity contribution in [1.82, 2.24) is 5.32 Å². The zero-order valence-electron chi connectivity index (χ0n) is 11.3. The molecule has 1 atom stereocenters. The number of ether oxygens (including phenoxy) is 2. The van der Waals surface area contributed by atoms with E-state index >= 15 is 0 Å². The van der Waals surface area contributed by atoms with Crippen LogP contribution in [0.1, 0.15) is 34.1 Å². The lowest BCUT2D eigenvalue weighted by Crippen LogP contribution is -2.38. The Morgan fingerprint density at radius 2 is 2.06 bits per heavy atom. The monoisotopic (exact) mass is 259 g/mol. The molecule has 1 rings (SSSR count). The molecule has 0 aromatic heterocycles. The molecule has 6 nitrogen and oxygen atoms in total. The molecule has 0 saturated carbocycles. The molecule has 104 valence electrons. The summed E-state index contributed by atoms with van der Waals surface area (Å²) in [6, 6.07) is 0. The molecule has 1 aliphatic heterocycles. The smallest absolute Gasteiger partial charge is 0.309 e. The number of carbonyl (C=O) groups is 2. The van der Waals surface area contributed by atoms with Crippen molar-refractivity contribution in [2.75, 3.05) is 13.2 Å². The lowest BCUT2D eigenvalue weighted by atomic mass is 9.89. The van der Waals surface area contributed by atoms with Crippen LogP contribution in [0, 0.1) is 5.41 Å². The molecule has 0 aliphatic carbocycles. The largest absolute Gasteiger partial charge is 0.481 e. The second-order valence-electron chi connectivity index (χ2n) is 5.62. The average Bonchev–Trinajstić information content (AvgIpc) is 2.54. The molecule has 0 radical (unpaired) electrons. The average molecular weight is 259 g/mol. The van der Waals surface area contributed by atoms with Gasteiger partial charge in [-0.1, -0.05) is 0 Å². The molecule has 0 aromatic carbocycles. The van der Waals surface area contributed by atoms with E-state index in [0.29, 0.717) is 13.2 Å². The van der Waals surface area contributed by atoms with Crippen LogP contribution < -0.4 is 5.32 Å². The molecule has 6 heteroatoms. The summed E-state index contributed by atoms with van der Waals surface area (Å²) >= 11 is 0. The van der Waals surface area contributed by atoms with Crippen LogP contribution in [0.3, 0.4) is 0 Å². The summed E-state index contributed by atoms with van der Waals surface area (Å²) in [5.74, 6) is -1.90. The summed E-state index contributed by atoms with van der Waals surface area (Å²) in [6.45, 7) is 7.42. The number of carbonyl (C=O) groups excluding carboxylic acids is 1. The first-order valence-electron chi connectivity index (χ1n) is 5.94. The molecule has 1 aliphatic rings. The summed E-state index contributed by atoms with van der Waals surface area (Å²) in [7, 11) is 0. The van der Waals surface area contributed by atoms with Crippen molar-refractivity contribution in [3.63, 3.8) is 0 Å². The molecule has 1 unspecified atom stereocenters. The fourth-order valence-corrected chi connectivity index (χ4v) is 1.63. The maximum atomic E-state index is 11.6. The Morgan fingerprint density at radius 1 is 1.44 bits per heavy atom. The number of hydrogen-bond donors (Lipinski definition) is 2. The van der Waals surface area contributed by atoms with Gasteiger partial charge in [-0.3, -0.25) is 9.59 Å². The molecule has 1 fully saturated rings. The molecular formula is C12H21NO5. The van der Waals surface area contributed by atoms with Gasteiger partial charge in [0.15, 0.2) is 5.79 Å². The molecular weight excluding hydrogens is 238 g/mol. The van der Waals surface area contributed by atoms with Gasteiger partial charge in [0.1, 0.15) is 6.10 Å². The van der Waals surface area contributed by atoms with E-state index in [9.17, 15) is 9.59 Å². The van der Waals surface area contributed by atoms with Gasteiger partial charge in [-0.05, 0) is 27.7 Å². The minimum Gasteiger partial charge on any atom is -0.481 e. The van der Waals surface area contributed by atoms with Crippen LogP contribution in [0.4, 0.5) is 0 Å². The Hall–Kier alpha value is -1.14. The number of amides is 1. The van der Waals surface area contributed by atoms with E-state index in [1.54, 1.807) is 0 Å². The Bertz CT molecular complexity index is 337. The highest BCUT2D eigenvalue weighted by Gasteiger charge is 2.34. The molecule has 0 aromatic rings. The lowest BCUT2D eigenvalue weighted by Gasteiger charge is -2.20. The Labute approximate surface area is 107 Å². The summed E-state index contributed by atoms with van der Waals surface area (Å²) in [4.78, 5) is 22.5. The van der Waals surface area contributed by atoms with Crippen molar-refractivity contribution >= 4 is 11.9 Å². The highest BCUT2D eigenvalue weighted by Crippen LogP contribution is 2.22. The summed E-state index contributed by atoms with van der Waals surface area (Å²) < 4.78 is 10.9. The number of carboxylic acid groups (broad SMARTS) is 1. The number of nitrogens with one attached hydrogen (secondary N) is 1. The minimum atomic E-state index is -1.06. The zero-order chi connectivity index (χ0) is 14.0. The Balaban J connectivity index is 2.32. The van der Waals surface area contributed by atoms with Crippen molar-refractivity contribution < 1.29 is 24.2 Å². The van der Waals surface area contributed by atoms with E-state index in [2.05, 4.69) is 5.32 Å². The highest BCUT2D eigenvalue weighted by molar-refractivity contribution is 5.84. The van der Waals surface area contributed by atoms with E-state index in [1.807, 2.05) is 13.8 Å². The van der Waals surface area contributed by atoms with Gasteiger partial charge in [-0.15, -0.1) is 0 Å². The van der Waals surface area contributed by atoms with Gasteiger partial charge in [-0.2, -0.15) is 0 Å². The van der Waals surface area contributed by atoms with E-state index < -0.39 is 17.2 Å². The van der Waals surface area contributed by atoms with Gasteiger partial charge >= 0.3 is 5.97 Å². The van der Waals surface area contributed by atoms with Crippen molar-refractivity contribution in [2.45, 2.75) is 46.0 Å². The second kappa shape index (κ2) is 5.24. The fourth-order valence-electron chi connectivity index (χ4n) is 1.63. The van der Waals surface area contributed by atoms with E-state index in [-0.39, 0.29) is 18.4 Å². The third kappa shape index (κ3) is 4.27. The highest BCUT2D eigenvalue weighted by atomic mass is 16.7. The number of carboxylic acids is 1. The van der Waals surface area contributed by atoms with Crippen molar-refractivity contribution in [3.05, 3.63) is 0 Å². The van der Waals surface area contributed by atoms with Gasteiger partial charge in [0.25, 0.3) is 0 Å². The van der Waals surface area contributed by atoms with Crippen LogP contribution in [0.15, 0.2) is 0 Å². The molecule has 1 saturated heterocycles. The van der Waals surface area contributed by atoms with Gasteiger partial charge < -0.3 is 19.9 Å². The van der Waals surface area contributed by atoms with Crippen LogP contribution in [0.25, 0.3) is 0 Å². The molecule has 2 N–H and O–H groups in total. The first-order valence-corrected chi connectivity index (χ1v) is 5.94. The second-order valence-corrected chi connectivity index (χ2v) is 5.62. The molecule has 0 bridgehead atoms. The van der Waals surface area contributed by atoms with Crippen molar-refractivity contribution in [3.8, 4) is 0 Å². The standard InChI is InChI=1S/C12H21NO5/c1-11(2,10(15)16)5-9(14)13-6-8-7-17-12(3,4)18-8/h8H,5-7H2,1-4H3,(H,13,14)(H,15,16). The van der Waals surface area contributed by atoms with Gasteiger partial charge in [0, 0.05) is 13.0 Å². The van der Waals surface area contributed by atoms with Gasteiger partial charge in [0.05, 0.1) is 12.0 Å². The van der Waals surface area contributed by atoms with Crippen LogP contribution in [0.5, 0.6) is 0 Å². The summed E-state index contributed by atoms with van der Waals surface area (Å²) in [5, 5.41) is 11.6. The van der Waals surface area contributed by atoms with Crippen molar-refractivity contribution in [1.29, 1.82) is 0 Å². The maximum absolute atomic E-state index is 11.6. The topological polar surface area (TPSA) is 84.9 Å². The third-order valence-electron chi connectivity index (χ3n) is 2.78. The van der Waals surface area contributed by atoms with E-state index in [0.717, 1.165) is 0 Å². The number of hydrogen-bond acceptors (Lipinski definition) is 4. The maximum Gasteiger partial charge on any atom is 0.309 e. The van der Waals surface area contributed by atoms with Gasteiger partial charge in [0.2, 0.25) is 5.91 Å².